The Kier molecular flexibility index (Phi) is 5.80. The number of carbonyl (C=O) groups excluding carboxylic acids is 1. The predicted octanol–water partition coefficient (Wildman–Crippen LogP) is 3.03. The maximum atomic E-state index is 11.7. The van der Waals surface area contributed by atoms with Crippen LogP contribution in [0.4, 0.5) is 0 Å². The van der Waals surface area contributed by atoms with Crippen LogP contribution in [0, 0.1) is 0 Å². The van der Waals surface area contributed by atoms with Crippen LogP contribution in [0.1, 0.15) is 22.8 Å². The van der Waals surface area contributed by atoms with E-state index >= 15 is 0 Å². The van der Waals surface area contributed by atoms with Crippen LogP contribution in [0.2, 0.25) is 0 Å². The van der Waals surface area contributed by atoms with Crippen LogP contribution in [0.5, 0.6) is 11.5 Å². The Morgan fingerprint density at radius 3 is 2.59 bits per heavy atom. The minimum absolute atomic E-state index is 0.392. The quantitative estimate of drug-likeness (QED) is 0.469. The highest BCUT2D eigenvalue weighted by molar-refractivity contribution is 9.10. The van der Waals surface area contributed by atoms with Crippen molar-refractivity contribution in [1.29, 1.82) is 0 Å². The molecule has 116 valence electrons. The largest absolute Gasteiger partial charge is 0.490 e. The number of hydrogen-bond acceptors (Lipinski definition) is 4. The number of amides is 1. The lowest BCUT2D eigenvalue weighted by Crippen LogP contribution is -2.30. The van der Waals surface area contributed by atoms with Crippen LogP contribution in [0.25, 0.3) is 0 Å². The first-order valence-corrected chi connectivity index (χ1v) is 7.59. The summed E-state index contributed by atoms with van der Waals surface area (Å²) >= 11 is 3.41. The molecule has 0 saturated heterocycles. The van der Waals surface area contributed by atoms with Gasteiger partial charge < -0.3 is 9.47 Å². The molecule has 0 spiro atoms. The van der Waals surface area contributed by atoms with Crippen molar-refractivity contribution in [2.24, 2.45) is 5.84 Å². The van der Waals surface area contributed by atoms with Crippen LogP contribution in [-0.2, 0) is 6.61 Å². The standard InChI is InChI=1S/C16H17BrN2O3/c1-2-21-14-9-12(16(20)19-18)8-13(17)15(14)22-10-11-6-4-3-5-7-11/h3-9H,2,10,18H2,1H3,(H,19,20). The normalized spacial score (nSPS) is 10.1. The van der Waals surface area contributed by atoms with E-state index in [4.69, 9.17) is 15.3 Å². The smallest absolute Gasteiger partial charge is 0.265 e. The summed E-state index contributed by atoms with van der Waals surface area (Å²) in [4.78, 5) is 11.7. The van der Waals surface area contributed by atoms with Crippen molar-refractivity contribution in [3.63, 3.8) is 0 Å². The maximum absolute atomic E-state index is 11.7. The summed E-state index contributed by atoms with van der Waals surface area (Å²) in [6.45, 7) is 2.73. The van der Waals surface area contributed by atoms with Crippen LogP contribution in [0.3, 0.4) is 0 Å². The number of rotatable bonds is 6. The van der Waals surface area contributed by atoms with Gasteiger partial charge in [0.15, 0.2) is 11.5 Å². The van der Waals surface area contributed by atoms with Gasteiger partial charge in [0.1, 0.15) is 6.61 Å². The highest BCUT2D eigenvalue weighted by atomic mass is 79.9. The van der Waals surface area contributed by atoms with E-state index in [1.54, 1.807) is 12.1 Å². The lowest BCUT2D eigenvalue weighted by atomic mass is 10.2. The molecule has 0 unspecified atom stereocenters. The molecule has 2 aromatic carbocycles. The summed E-state index contributed by atoms with van der Waals surface area (Å²) in [6.07, 6.45) is 0. The third-order valence-electron chi connectivity index (χ3n) is 2.93. The summed E-state index contributed by atoms with van der Waals surface area (Å²) in [6, 6.07) is 13.1. The van der Waals surface area contributed by atoms with Crippen molar-refractivity contribution in [2.45, 2.75) is 13.5 Å². The molecule has 0 atom stereocenters. The lowest BCUT2D eigenvalue weighted by Gasteiger charge is -2.15. The highest BCUT2D eigenvalue weighted by Gasteiger charge is 2.15. The van der Waals surface area contributed by atoms with Gasteiger partial charge in [-0.1, -0.05) is 30.3 Å². The van der Waals surface area contributed by atoms with Gasteiger partial charge in [-0.3, -0.25) is 10.2 Å². The molecule has 0 saturated carbocycles. The number of nitrogen functional groups attached to an aromatic ring is 1. The maximum Gasteiger partial charge on any atom is 0.265 e. The van der Waals surface area contributed by atoms with Crippen molar-refractivity contribution in [3.05, 3.63) is 58.1 Å². The Bertz CT molecular complexity index is 647. The zero-order valence-corrected chi connectivity index (χ0v) is 13.7. The topological polar surface area (TPSA) is 73.6 Å². The van der Waals surface area contributed by atoms with Crippen LogP contribution < -0.4 is 20.7 Å². The van der Waals surface area contributed by atoms with E-state index in [0.717, 1.165) is 5.56 Å². The number of nitrogens with one attached hydrogen (secondary N) is 1. The molecule has 1 amide bonds. The van der Waals surface area contributed by atoms with E-state index in [9.17, 15) is 4.79 Å². The van der Waals surface area contributed by atoms with Gasteiger partial charge in [-0.2, -0.15) is 0 Å². The minimum Gasteiger partial charge on any atom is -0.490 e. The molecule has 22 heavy (non-hydrogen) atoms. The molecule has 3 N–H and O–H groups in total. The number of ether oxygens (including phenoxy) is 2. The third-order valence-corrected chi connectivity index (χ3v) is 3.52. The molecule has 2 rings (SSSR count). The Hall–Kier alpha value is -2.05. The van der Waals surface area contributed by atoms with Gasteiger partial charge in [-0.15, -0.1) is 0 Å². The molecule has 5 nitrogen and oxygen atoms in total. The van der Waals surface area contributed by atoms with Gasteiger partial charge in [0, 0.05) is 5.56 Å². The Labute approximate surface area is 137 Å². The van der Waals surface area contributed by atoms with E-state index < -0.39 is 5.91 Å². The molecular formula is C16H17BrN2O3. The van der Waals surface area contributed by atoms with E-state index in [2.05, 4.69) is 21.4 Å². The number of benzene rings is 2. The molecule has 2 aromatic rings. The number of carbonyl (C=O) groups is 1. The van der Waals surface area contributed by atoms with E-state index in [1.807, 2.05) is 37.3 Å². The van der Waals surface area contributed by atoms with E-state index in [1.165, 1.54) is 0 Å². The molecule has 0 bridgehead atoms. The van der Waals surface area contributed by atoms with Gasteiger partial charge in [0.05, 0.1) is 11.1 Å². The molecule has 0 aliphatic rings. The van der Waals surface area contributed by atoms with Crippen molar-refractivity contribution in [1.82, 2.24) is 5.43 Å². The molecule has 0 aromatic heterocycles. The average Bonchev–Trinajstić information content (AvgIpc) is 2.54. The molecule has 0 fully saturated rings. The van der Waals surface area contributed by atoms with Gasteiger partial charge in [-0.05, 0) is 40.5 Å². The van der Waals surface area contributed by atoms with Gasteiger partial charge in [0.2, 0.25) is 0 Å². The lowest BCUT2D eigenvalue weighted by molar-refractivity contribution is 0.0953. The first kappa shape index (κ1) is 16.3. The second-order valence-corrected chi connectivity index (χ2v) is 5.32. The summed E-state index contributed by atoms with van der Waals surface area (Å²) in [5.41, 5.74) is 3.53. The molecule has 0 heterocycles. The molecule has 0 aliphatic heterocycles. The molecule has 6 heteroatoms. The van der Waals surface area contributed by atoms with Crippen molar-refractivity contribution in [2.75, 3.05) is 6.61 Å². The predicted molar refractivity (Wildman–Crippen MR) is 87.7 cm³/mol. The van der Waals surface area contributed by atoms with E-state index in [0.29, 0.717) is 34.7 Å². The molecule has 0 radical (unpaired) electrons. The van der Waals surface area contributed by atoms with Crippen LogP contribution >= 0.6 is 15.9 Å². The highest BCUT2D eigenvalue weighted by Crippen LogP contribution is 2.37. The SMILES string of the molecule is CCOc1cc(C(=O)NN)cc(Br)c1OCc1ccccc1. The second-order valence-electron chi connectivity index (χ2n) is 4.47. The minimum atomic E-state index is -0.392. The van der Waals surface area contributed by atoms with Crippen molar-refractivity contribution in [3.8, 4) is 11.5 Å². The summed E-state index contributed by atoms with van der Waals surface area (Å²) in [5.74, 6) is 5.82. The average molecular weight is 365 g/mol. The summed E-state index contributed by atoms with van der Waals surface area (Å²) in [7, 11) is 0. The first-order chi connectivity index (χ1) is 10.7. The number of halogens is 1. The first-order valence-electron chi connectivity index (χ1n) is 6.79. The number of nitrogens with two attached hydrogens (primary N) is 1. The van der Waals surface area contributed by atoms with Crippen molar-refractivity contribution >= 4 is 21.8 Å². The van der Waals surface area contributed by atoms with Gasteiger partial charge in [-0.25, -0.2) is 5.84 Å². The Morgan fingerprint density at radius 2 is 1.95 bits per heavy atom. The molecular weight excluding hydrogens is 348 g/mol. The number of hydrazine groups is 1. The Morgan fingerprint density at radius 1 is 1.23 bits per heavy atom. The second kappa shape index (κ2) is 7.82. The zero-order chi connectivity index (χ0) is 15.9. The molecule has 0 aliphatic carbocycles. The fourth-order valence-electron chi connectivity index (χ4n) is 1.92. The summed E-state index contributed by atoms with van der Waals surface area (Å²) in [5, 5.41) is 0. The van der Waals surface area contributed by atoms with Gasteiger partial charge >= 0.3 is 0 Å². The summed E-state index contributed by atoms with van der Waals surface area (Å²) < 4.78 is 12.0. The fourth-order valence-corrected chi connectivity index (χ4v) is 2.47. The number of hydrogen-bond donors (Lipinski definition) is 2. The van der Waals surface area contributed by atoms with E-state index in [-0.39, 0.29) is 0 Å². The monoisotopic (exact) mass is 364 g/mol. The third kappa shape index (κ3) is 3.99. The van der Waals surface area contributed by atoms with Crippen LogP contribution in [-0.4, -0.2) is 12.5 Å². The fraction of sp³-hybridized carbons (Fsp3) is 0.188. The Balaban J connectivity index is 2.27. The zero-order valence-electron chi connectivity index (χ0n) is 12.1. The van der Waals surface area contributed by atoms with Crippen LogP contribution in [0.15, 0.2) is 46.9 Å². The van der Waals surface area contributed by atoms with Gasteiger partial charge in [0.25, 0.3) is 5.91 Å². The van der Waals surface area contributed by atoms with Crippen molar-refractivity contribution < 1.29 is 14.3 Å².